The Morgan fingerprint density at radius 2 is 2.25 bits per heavy atom. The number of hydrogen-bond acceptors (Lipinski definition) is 2. The third-order valence-electron chi connectivity index (χ3n) is 2.49. The highest BCUT2D eigenvalue weighted by atomic mass is 35.5. The van der Waals surface area contributed by atoms with Crippen LogP contribution in [0, 0.1) is 0 Å². The number of rotatable bonds is 3. The van der Waals surface area contributed by atoms with E-state index in [4.69, 9.17) is 10.5 Å². The van der Waals surface area contributed by atoms with Gasteiger partial charge in [0.15, 0.2) is 0 Å². The summed E-state index contributed by atoms with van der Waals surface area (Å²) in [4.78, 5) is 3.05. The first-order chi connectivity index (χ1) is 7.26. The van der Waals surface area contributed by atoms with Crippen molar-refractivity contribution in [1.82, 2.24) is 4.98 Å². The average molecular weight is 245 g/mol. The fourth-order valence-electron chi connectivity index (χ4n) is 1.64. The van der Waals surface area contributed by atoms with E-state index in [0.29, 0.717) is 0 Å². The van der Waals surface area contributed by atoms with E-state index >= 15 is 0 Å². The molecular weight excluding hydrogens is 231 g/mol. The smallest absolute Gasteiger partial charge is 0.119 e. The van der Waals surface area contributed by atoms with Crippen molar-refractivity contribution in [3.8, 4) is 5.75 Å². The van der Waals surface area contributed by atoms with E-state index in [1.165, 1.54) is 0 Å². The maximum absolute atomic E-state index is 12.5. The van der Waals surface area contributed by atoms with Gasteiger partial charge in [0.05, 0.1) is 13.2 Å². The summed E-state index contributed by atoms with van der Waals surface area (Å²) >= 11 is 0. The number of aromatic nitrogens is 1. The maximum atomic E-state index is 12.5. The Balaban J connectivity index is 0.00000128. The molecule has 1 aromatic carbocycles. The first-order valence-corrected chi connectivity index (χ1v) is 4.73. The molecule has 1 atom stereocenters. The second-order valence-corrected chi connectivity index (χ2v) is 3.42. The zero-order valence-corrected chi connectivity index (χ0v) is 9.68. The standard InChI is InChI=1S/C11H13FN2O.ClH/c1-15-7-2-3-11-8(4-7)9(6-14-11)10(13)5-12;/h2-4,6,10,14H,5,13H2,1H3;1H/t10-;/m1./s1. The topological polar surface area (TPSA) is 51.0 Å². The Morgan fingerprint density at radius 3 is 2.88 bits per heavy atom. The third kappa shape index (κ3) is 2.13. The number of H-pyrrole nitrogens is 1. The van der Waals surface area contributed by atoms with Gasteiger partial charge < -0.3 is 15.5 Å². The molecule has 16 heavy (non-hydrogen) atoms. The van der Waals surface area contributed by atoms with Crippen LogP contribution in [0.25, 0.3) is 10.9 Å². The Hall–Kier alpha value is -1.26. The van der Waals surface area contributed by atoms with Gasteiger partial charge in [-0.1, -0.05) is 0 Å². The summed E-state index contributed by atoms with van der Waals surface area (Å²) in [5, 5.41) is 0.916. The van der Waals surface area contributed by atoms with Crippen LogP contribution < -0.4 is 10.5 Å². The van der Waals surface area contributed by atoms with Gasteiger partial charge in [0, 0.05) is 17.1 Å². The molecule has 0 fully saturated rings. The molecule has 1 aromatic heterocycles. The van der Waals surface area contributed by atoms with Crippen molar-refractivity contribution in [3.05, 3.63) is 30.0 Å². The van der Waals surface area contributed by atoms with Crippen LogP contribution in [0.3, 0.4) is 0 Å². The SMILES string of the molecule is COc1ccc2[nH]cc([C@H](N)CF)c2c1.Cl. The largest absolute Gasteiger partial charge is 0.497 e. The van der Waals surface area contributed by atoms with E-state index in [1.807, 2.05) is 18.2 Å². The minimum absolute atomic E-state index is 0. The molecule has 0 aliphatic heterocycles. The van der Waals surface area contributed by atoms with Gasteiger partial charge in [-0.25, -0.2) is 4.39 Å². The lowest BCUT2D eigenvalue weighted by molar-refractivity contribution is 0.415. The van der Waals surface area contributed by atoms with Crippen LogP contribution in [0.4, 0.5) is 4.39 Å². The highest BCUT2D eigenvalue weighted by Crippen LogP contribution is 2.26. The number of methoxy groups -OCH3 is 1. The summed E-state index contributed by atoms with van der Waals surface area (Å²) in [7, 11) is 1.60. The molecule has 3 N–H and O–H groups in total. The second-order valence-electron chi connectivity index (χ2n) is 3.42. The minimum atomic E-state index is -0.578. The van der Waals surface area contributed by atoms with Crippen LogP contribution >= 0.6 is 12.4 Å². The summed E-state index contributed by atoms with van der Waals surface area (Å²) in [5.74, 6) is 0.745. The van der Waals surface area contributed by atoms with Crippen molar-refractivity contribution in [2.24, 2.45) is 5.73 Å². The fraction of sp³-hybridized carbons (Fsp3) is 0.273. The average Bonchev–Trinajstić information content (AvgIpc) is 2.70. The number of alkyl halides is 1. The minimum Gasteiger partial charge on any atom is -0.497 e. The second kappa shape index (κ2) is 5.18. The molecule has 0 amide bonds. The van der Waals surface area contributed by atoms with Gasteiger partial charge in [0.25, 0.3) is 0 Å². The van der Waals surface area contributed by atoms with Crippen molar-refractivity contribution in [3.63, 3.8) is 0 Å². The van der Waals surface area contributed by atoms with Crippen LogP contribution in [-0.4, -0.2) is 18.8 Å². The van der Waals surface area contributed by atoms with Crippen LogP contribution in [0.1, 0.15) is 11.6 Å². The number of nitrogens with one attached hydrogen (secondary N) is 1. The van der Waals surface area contributed by atoms with Crippen LogP contribution in [-0.2, 0) is 0 Å². The first-order valence-electron chi connectivity index (χ1n) is 4.73. The third-order valence-corrected chi connectivity index (χ3v) is 2.49. The van der Waals surface area contributed by atoms with Crippen molar-refractivity contribution in [2.45, 2.75) is 6.04 Å². The van der Waals surface area contributed by atoms with Gasteiger partial charge in [-0.15, -0.1) is 12.4 Å². The number of halogens is 2. The molecule has 1 heterocycles. The van der Waals surface area contributed by atoms with Gasteiger partial charge in [0.2, 0.25) is 0 Å². The summed E-state index contributed by atoms with van der Waals surface area (Å²) in [6, 6.07) is 5.02. The molecule has 2 rings (SSSR count). The summed E-state index contributed by atoms with van der Waals surface area (Å²) in [6.07, 6.45) is 1.74. The molecule has 0 aliphatic rings. The Bertz CT molecular complexity index is 472. The van der Waals surface area contributed by atoms with Crippen molar-refractivity contribution < 1.29 is 9.13 Å². The molecule has 0 saturated heterocycles. The number of ether oxygens (including phenoxy) is 1. The quantitative estimate of drug-likeness (QED) is 0.872. The molecule has 3 nitrogen and oxygen atoms in total. The Kier molecular flexibility index (Phi) is 4.15. The fourth-order valence-corrected chi connectivity index (χ4v) is 1.64. The summed E-state index contributed by atoms with van der Waals surface area (Å²) < 4.78 is 17.6. The van der Waals surface area contributed by atoms with E-state index in [0.717, 1.165) is 22.2 Å². The molecule has 0 aliphatic carbocycles. The molecule has 0 saturated carbocycles. The Labute approximate surface area is 99.2 Å². The van der Waals surface area contributed by atoms with Gasteiger partial charge in [0.1, 0.15) is 12.4 Å². The number of hydrogen-bond donors (Lipinski definition) is 2. The Morgan fingerprint density at radius 1 is 1.50 bits per heavy atom. The first kappa shape index (κ1) is 12.8. The van der Waals surface area contributed by atoms with E-state index in [-0.39, 0.29) is 12.4 Å². The lowest BCUT2D eigenvalue weighted by Crippen LogP contribution is -2.11. The molecule has 0 bridgehead atoms. The molecule has 0 spiro atoms. The van der Waals surface area contributed by atoms with E-state index in [1.54, 1.807) is 13.3 Å². The number of aromatic amines is 1. The van der Waals surface area contributed by atoms with Gasteiger partial charge in [-0.2, -0.15) is 0 Å². The normalized spacial score (nSPS) is 12.2. The molecule has 0 unspecified atom stereocenters. The zero-order valence-electron chi connectivity index (χ0n) is 8.87. The van der Waals surface area contributed by atoms with Crippen LogP contribution in [0.15, 0.2) is 24.4 Å². The predicted molar refractivity (Wildman–Crippen MR) is 65.0 cm³/mol. The molecule has 0 radical (unpaired) electrons. The van der Waals surface area contributed by atoms with Crippen LogP contribution in [0.2, 0.25) is 0 Å². The number of fused-ring (bicyclic) bond motifs is 1. The highest BCUT2D eigenvalue weighted by Gasteiger charge is 2.11. The summed E-state index contributed by atoms with van der Waals surface area (Å²) in [5.41, 5.74) is 7.38. The summed E-state index contributed by atoms with van der Waals surface area (Å²) in [6.45, 7) is -0.565. The predicted octanol–water partition coefficient (Wildman–Crippen LogP) is 2.57. The molecular formula is C11H14ClFN2O. The van der Waals surface area contributed by atoms with E-state index < -0.39 is 12.7 Å². The number of nitrogens with two attached hydrogens (primary N) is 1. The monoisotopic (exact) mass is 244 g/mol. The van der Waals surface area contributed by atoms with Crippen molar-refractivity contribution in [2.75, 3.05) is 13.8 Å². The van der Waals surface area contributed by atoms with Crippen molar-refractivity contribution >= 4 is 23.3 Å². The van der Waals surface area contributed by atoms with Gasteiger partial charge in [-0.05, 0) is 23.8 Å². The van der Waals surface area contributed by atoms with Gasteiger partial charge in [-0.3, -0.25) is 0 Å². The van der Waals surface area contributed by atoms with Gasteiger partial charge >= 0.3 is 0 Å². The molecule has 2 aromatic rings. The molecule has 5 heteroatoms. The molecule has 88 valence electrons. The zero-order chi connectivity index (χ0) is 10.8. The van der Waals surface area contributed by atoms with Crippen molar-refractivity contribution in [1.29, 1.82) is 0 Å². The highest BCUT2D eigenvalue weighted by molar-refractivity contribution is 5.85. The lowest BCUT2D eigenvalue weighted by Gasteiger charge is -2.05. The van der Waals surface area contributed by atoms with E-state index in [2.05, 4.69) is 4.98 Å². The maximum Gasteiger partial charge on any atom is 0.119 e. The van der Waals surface area contributed by atoms with E-state index in [9.17, 15) is 4.39 Å². The lowest BCUT2D eigenvalue weighted by atomic mass is 10.1. The number of benzene rings is 1. The van der Waals surface area contributed by atoms with Crippen LogP contribution in [0.5, 0.6) is 5.75 Å².